The van der Waals surface area contributed by atoms with Crippen molar-refractivity contribution < 1.29 is 9.90 Å². The van der Waals surface area contributed by atoms with E-state index in [2.05, 4.69) is 17.2 Å². The molecule has 0 rings (SSSR count). The molecule has 0 aromatic carbocycles. The third kappa shape index (κ3) is 6.27. The first kappa shape index (κ1) is 12.7. The summed E-state index contributed by atoms with van der Waals surface area (Å²) in [5, 5.41) is 11.8. The van der Waals surface area contributed by atoms with Gasteiger partial charge in [0, 0.05) is 25.1 Å². The van der Waals surface area contributed by atoms with Crippen molar-refractivity contribution in [1.29, 1.82) is 0 Å². The summed E-state index contributed by atoms with van der Waals surface area (Å²) in [7, 11) is 0. The summed E-state index contributed by atoms with van der Waals surface area (Å²) in [5.74, 6) is 4.89. The molecular formula is C11H17NO2. The van der Waals surface area contributed by atoms with Crippen LogP contribution in [0.15, 0.2) is 11.6 Å². The lowest BCUT2D eigenvalue weighted by molar-refractivity contribution is -0.132. The maximum Gasteiger partial charge on any atom is 0.331 e. The molecule has 3 nitrogen and oxygen atoms in total. The molecule has 2 N–H and O–H groups in total. The summed E-state index contributed by atoms with van der Waals surface area (Å²) < 4.78 is 0. The van der Waals surface area contributed by atoms with Crippen molar-refractivity contribution in [3.63, 3.8) is 0 Å². The molecule has 0 heterocycles. The van der Waals surface area contributed by atoms with Gasteiger partial charge in [-0.25, -0.2) is 4.79 Å². The second kappa shape index (κ2) is 8.33. The van der Waals surface area contributed by atoms with Crippen LogP contribution in [0.5, 0.6) is 0 Å². The number of carboxylic acid groups (broad SMARTS) is 1. The van der Waals surface area contributed by atoms with Crippen LogP contribution in [0.4, 0.5) is 0 Å². The Bertz CT molecular complexity index is 258. The van der Waals surface area contributed by atoms with Crippen molar-refractivity contribution in [3.05, 3.63) is 11.6 Å². The second-order valence-electron chi connectivity index (χ2n) is 2.77. The Labute approximate surface area is 85.2 Å². The van der Waals surface area contributed by atoms with Crippen LogP contribution in [-0.2, 0) is 4.79 Å². The van der Waals surface area contributed by atoms with Crippen molar-refractivity contribution in [1.82, 2.24) is 5.32 Å². The largest absolute Gasteiger partial charge is 0.478 e. The molecule has 14 heavy (non-hydrogen) atoms. The van der Waals surface area contributed by atoms with E-state index in [1.54, 1.807) is 13.0 Å². The minimum absolute atomic E-state index is 0.457. The molecule has 0 atom stereocenters. The number of carboxylic acids is 1. The summed E-state index contributed by atoms with van der Waals surface area (Å²) in [6.45, 7) is 5.04. The van der Waals surface area contributed by atoms with Crippen molar-refractivity contribution >= 4 is 5.97 Å². The summed E-state index contributed by atoms with van der Waals surface area (Å²) in [6.07, 6.45) is 3.08. The highest BCUT2D eigenvalue weighted by Crippen LogP contribution is 1.98. The second-order valence-corrected chi connectivity index (χ2v) is 2.77. The van der Waals surface area contributed by atoms with Gasteiger partial charge in [-0.1, -0.05) is 13.0 Å². The van der Waals surface area contributed by atoms with Crippen molar-refractivity contribution in [3.8, 4) is 11.8 Å². The Morgan fingerprint density at radius 2 is 2.29 bits per heavy atom. The fraction of sp³-hybridized carbons (Fsp3) is 0.545. The average molecular weight is 195 g/mol. The zero-order valence-electron chi connectivity index (χ0n) is 8.76. The van der Waals surface area contributed by atoms with Gasteiger partial charge in [-0.2, -0.15) is 0 Å². The predicted octanol–water partition coefficient (Wildman–Crippen LogP) is 1.41. The topological polar surface area (TPSA) is 49.3 Å². The highest BCUT2D eigenvalue weighted by Gasteiger charge is 2.01. The van der Waals surface area contributed by atoms with E-state index in [1.165, 1.54) is 0 Å². The fourth-order valence-corrected chi connectivity index (χ4v) is 0.956. The number of hydrogen-bond acceptors (Lipinski definition) is 2. The monoisotopic (exact) mass is 195 g/mol. The van der Waals surface area contributed by atoms with Gasteiger partial charge >= 0.3 is 5.97 Å². The van der Waals surface area contributed by atoms with Crippen LogP contribution >= 0.6 is 0 Å². The molecule has 0 aromatic rings. The summed E-state index contributed by atoms with van der Waals surface area (Å²) in [4.78, 5) is 10.6. The number of aliphatic carboxylic acids is 1. The molecule has 0 aromatic heterocycles. The number of nitrogens with one attached hydrogen (secondary N) is 1. The molecule has 0 saturated heterocycles. The van der Waals surface area contributed by atoms with Gasteiger partial charge in [-0.15, -0.1) is 11.8 Å². The third-order valence-electron chi connectivity index (χ3n) is 1.75. The molecule has 0 bridgehead atoms. The average Bonchev–Trinajstić information content (AvgIpc) is 2.16. The van der Waals surface area contributed by atoms with E-state index in [-0.39, 0.29) is 0 Å². The molecular weight excluding hydrogens is 178 g/mol. The molecule has 0 saturated carbocycles. The predicted molar refractivity (Wildman–Crippen MR) is 56.9 cm³/mol. The molecule has 0 aliphatic rings. The third-order valence-corrected chi connectivity index (χ3v) is 1.75. The molecule has 0 unspecified atom stereocenters. The lowest BCUT2D eigenvalue weighted by Crippen LogP contribution is -2.15. The molecule has 0 amide bonds. The maximum atomic E-state index is 10.6. The SMILES string of the molecule is CC#CCCNCC=C(CC)C(=O)O. The normalized spacial score (nSPS) is 10.6. The molecule has 78 valence electrons. The molecule has 0 aliphatic heterocycles. The van der Waals surface area contributed by atoms with Gasteiger partial charge < -0.3 is 10.4 Å². The van der Waals surface area contributed by atoms with Gasteiger partial charge in [-0.05, 0) is 13.3 Å². The first-order valence-electron chi connectivity index (χ1n) is 4.75. The number of hydrogen-bond donors (Lipinski definition) is 2. The van der Waals surface area contributed by atoms with Crippen molar-refractivity contribution in [2.75, 3.05) is 13.1 Å². The molecule has 0 spiro atoms. The smallest absolute Gasteiger partial charge is 0.331 e. The van der Waals surface area contributed by atoms with E-state index in [1.807, 2.05) is 6.92 Å². The Kier molecular flexibility index (Phi) is 7.58. The Hall–Kier alpha value is -1.27. The molecule has 0 aliphatic carbocycles. The van der Waals surface area contributed by atoms with Crippen LogP contribution in [0, 0.1) is 11.8 Å². The van der Waals surface area contributed by atoms with E-state index in [0.717, 1.165) is 13.0 Å². The van der Waals surface area contributed by atoms with E-state index in [0.29, 0.717) is 18.5 Å². The standard InChI is InChI=1S/C11H17NO2/c1-3-5-6-8-12-9-7-10(4-2)11(13)14/h7,12H,4,6,8-9H2,1-2H3,(H,13,14). The van der Waals surface area contributed by atoms with Crippen LogP contribution in [0.2, 0.25) is 0 Å². The van der Waals surface area contributed by atoms with E-state index < -0.39 is 5.97 Å². The quantitative estimate of drug-likeness (QED) is 0.383. The minimum Gasteiger partial charge on any atom is -0.478 e. The number of rotatable bonds is 6. The molecule has 3 heteroatoms. The van der Waals surface area contributed by atoms with Gasteiger partial charge in [0.05, 0.1) is 0 Å². The zero-order chi connectivity index (χ0) is 10.8. The fourth-order valence-electron chi connectivity index (χ4n) is 0.956. The first-order valence-corrected chi connectivity index (χ1v) is 4.75. The molecule has 0 fully saturated rings. The minimum atomic E-state index is -0.831. The van der Waals surface area contributed by atoms with Crippen LogP contribution in [0.25, 0.3) is 0 Å². The highest BCUT2D eigenvalue weighted by molar-refractivity contribution is 5.86. The van der Waals surface area contributed by atoms with Crippen molar-refractivity contribution in [2.24, 2.45) is 0 Å². The summed E-state index contributed by atoms with van der Waals surface area (Å²) in [5.41, 5.74) is 0.457. The van der Waals surface area contributed by atoms with Gasteiger partial charge in [0.25, 0.3) is 0 Å². The molecule has 0 radical (unpaired) electrons. The lowest BCUT2D eigenvalue weighted by atomic mass is 10.2. The van der Waals surface area contributed by atoms with E-state index >= 15 is 0 Å². The summed E-state index contributed by atoms with van der Waals surface area (Å²) >= 11 is 0. The first-order chi connectivity index (χ1) is 6.72. The van der Waals surface area contributed by atoms with E-state index in [4.69, 9.17) is 5.11 Å². The van der Waals surface area contributed by atoms with Gasteiger partial charge in [0.15, 0.2) is 0 Å². The number of carbonyl (C=O) groups is 1. The van der Waals surface area contributed by atoms with E-state index in [9.17, 15) is 4.79 Å². The van der Waals surface area contributed by atoms with Gasteiger partial charge in [0.1, 0.15) is 0 Å². The Morgan fingerprint density at radius 1 is 1.57 bits per heavy atom. The Morgan fingerprint density at radius 3 is 2.79 bits per heavy atom. The van der Waals surface area contributed by atoms with Crippen LogP contribution in [0.3, 0.4) is 0 Å². The van der Waals surface area contributed by atoms with Gasteiger partial charge in [0.2, 0.25) is 0 Å². The van der Waals surface area contributed by atoms with Crippen molar-refractivity contribution in [2.45, 2.75) is 26.7 Å². The van der Waals surface area contributed by atoms with Crippen LogP contribution < -0.4 is 5.32 Å². The van der Waals surface area contributed by atoms with Crippen LogP contribution in [-0.4, -0.2) is 24.2 Å². The Balaban J connectivity index is 3.67. The van der Waals surface area contributed by atoms with Gasteiger partial charge in [-0.3, -0.25) is 0 Å². The lowest BCUT2D eigenvalue weighted by Gasteiger charge is -1.99. The summed E-state index contributed by atoms with van der Waals surface area (Å²) in [6, 6.07) is 0. The van der Waals surface area contributed by atoms with Crippen LogP contribution in [0.1, 0.15) is 26.7 Å². The highest BCUT2D eigenvalue weighted by atomic mass is 16.4. The zero-order valence-corrected chi connectivity index (χ0v) is 8.76. The maximum absolute atomic E-state index is 10.6.